The first-order valence-electron chi connectivity index (χ1n) is 4.60. The molecule has 1 aromatic rings. The van der Waals surface area contributed by atoms with Gasteiger partial charge in [0.25, 0.3) is 0 Å². The highest BCUT2D eigenvalue weighted by Gasteiger charge is 2.29. The molecule has 0 aliphatic rings. The predicted molar refractivity (Wildman–Crippen MR) is 76.2 cm³/mol. The molecular weight excluding hydrogens is 388 g/mol. The molecule has 0 spiro atoms. The van der Waals surface area contributed by atoms with Gasteiger partial charge in [0.2, 0.25) is 5.78 Å². The molecular formula is C11H13Br3O. The lowest BCUT2D eigenvalue weighted by Crippen LogP contribution is -2.16. The number of hydrogen-bond donors (Lipinski definition) is 0. The highest BCUT2D eigenvalue weighted by molar-refractivity contribution is 9.40. The third-order valence-electron chi connectivity index (χ3n) is 1.29. The van der Waals surface area contributed by atoms with Crippen LogP contribution in [0.1, 0.15) is 30.6 Å². The smallest absolute Gasteiger partial charge is 0.201 e. The molecule has 1 rings (SSSR count). The minimum atomic E-state index is -0.839. The summed E-state index contributed by atoms with van der Waals surface area (Å²) in [6.45, 7) is 4.25. The molecule has 0 aliphatic heterocycles. The number of Topliss-reactive ketones (excluding diaryl/α,β-unsaturated/α-hetero) is 1. The molecule has 0 aromatic heterocycles. The lowest BCUT2D eigenvalue weighted by molar-refractivity contribution is 0.101. The number of rotatable bonds is 1. The minimum Gasteiger partial charge on any atom is -0.291 e. The van der Waals surface area contributed by atoms with Gasteiger partial charge in [0.1, 0.15) is 0 Å². The zero-order valence-corrected chi connectivity index (χ0v) is 13.4. The van der Waals surface area contributed by atoms with Crippen LogP contribution in [-0.2, 0) is 0 Å². The normalized spacial score (nSPS) is 10.2. The SMILES string of the molecule is CCC.O=C(c1ccccc1)C(Br)(Br)Br. The number of carbonyl (C=O) groups excluding carboxylic acids is 1. The van der Waals surface area contributed by atoms with Crippen molar-refractivity contribution in [2.24, 2.45) is 0 Å². The van der Waals surface area contributed by atoms with Gasteiger partial charge >= 0.3 is 0 Å². The highest BCUT2D eigenvalue weighted by atomic mass is 80.0. The molecule has 0 atom stereocenters. The van der Waals surface area contributed by atoms with Crippen LogP contribution in [0.4, 0.5) is 0 Å². The van der Waals surface area contributed by atoms with Gasteiger partial charge in [0, 0.05) is 5.56 Å². The topological polar surface area (TPSA) is 17.1 Å². The molecule has 4 heteroatoms. The molecule has 1 nitrogen and oxygen atoms in total. The summed E-state index contributed by atoms with van der Waals surface area (Å²) in [4.78, 5) is 11.5. The van der Waals surface area contributed by atoms with E-state index in [1.54, 1.807) is 12.1 Å². The van der Waals surface area contributed by atoms with E-state index < -0.39 is 2.14 Å². The first-order valence-corrected chi connectivity index (χ1v) is 6.97. The Morgan fingerprint density at radius 3 is 1.87 bits per heavy atom. The average Bonchev–Trinajstić information content (AvgIpc) is 2.18. The van der Waals surface area contributed by atoms with Crippen LogP contribution < -0.4 is 0 Å². The van der Waals surface area contributed by atoms with Crippen LogP contribution in [0.3, 0.4) is 0 Å². The van der Waals surface area contributed by atoms with Gasteiger partial charge in [-0.05, 0) is 0 Å². The maximum absolute atomic E-state index is 11.5. The third-order valence-corrected chi connectivity index (χ3v) is 2.37. The van der Waals surface area contributed by atoms with Crippen LogP contribution in [0, 0.1) is 0 Å². The van der Waals surface area contributed by atoms with Gasteiger partial charge < -0.3 is 0 Å². The van der Waals surface area contributed by atoms with Crippen LogP contribution in [0.2, 0.25) is 0 Å². The van der Waals surface area contributed by atoms with Crippen LogP contribution in [-0.4, -0.2) is 7.93 Å². The first-order chi connectivity index (χ1) is 6.93. The molecule has 0 aliphatic carbocycles. The van der Waals surface area contributed by atoms with Gasteiger partial charge in [0.05, 0.1) is 0 Å². The number of benzene rings is 1. The van der Waals surface area contributed by atoms with Gasteiger partial charge in [-0.3, -0.25) is 4.79 Å². The Morgan fingerprint density at radius 1 is 1.13 bits per heavy atom. The third kappa shape index (κ3) is 6.48. The maximum atomic E-state index is 11.5. The molecule has 0 saturated carbocycles. The van der Waals surface area contributed by atoms with Crippen molar-refractivity contribution in [3.63, 3.8) is 0 Å². The second-order valence-corrected chi connectivity index (χ2v) is 9.66. The quantitative estimate of drug-likeness (QED) is 0.472. The summed E-state index contributed by atoms with van der Waals surface area (Å²) < 4.78 is -0.839. The van der Waals surface area contributed by atoms with Crippen molar-refractivity contribution in [2.75, 3.05) is 0 Å². The van der Waals surface area contributed by atoms with E-state index in [4.69, 9.17) is 0 Å². The van der Waals surface area contributed by atoms with Gasteiger partial charge in [-0.2, -0.15) is 0 Å². The summed E-state index contributed by atoms with van der Waals surface area (Å²) in [6.07, 6.45) is 1.25. The molecule has 0 fully saturated rings. The van der Waals surface area contributed by atoms with Gasteiger partial charge in [-0.25, -0.2) is 0 Å². The molecule has 0 heterocycles. The number of carbonyl (C=O) groups is 1. The largest absolute Gasteiger partial charge is 0.291 e. The summed E-state index contributed by atoms with van der Waals surface area (Å²) >= 11 is 9.49. The van der Waals surface area contributed by atoms with E-state index in [1.807, 2.05) is 18.2 Å². The van der Waals surface area contributed by atoms with E-state index in [1.165, 1.54) is 6.42 Å². The summed E-state index contributed by atoms with van der Waals surface area (Å²) in [7, 11) is 0. The van der Waals surface area contributed by atoms with Gasteiger partial charge in [-0.15, -0.1) is 0 Å². The van der Waals surface area contributed by atoms with E-state index in [0.717, 1.165) is 0 Å². The number of halogens is 3. The first kappa shape index (κ1) is 15.3. The van der Waals surface area contributed by atoms with Crippen molar-refractivity contribution >= 4 is 53.6 Å². The van der Waals surface area contributed by atoms with Crippen molar-refractivity contribution < 1.29 is 4.79 Å². The molecule has 0 radical (unpaired) electrons. The molecule has 84 valence electrons. The van der Waals surface area contributed by atoms with Crippen LogP contribution in [0.25, 0.3) is 0 Å². The Labute approximate surface area is 116 Å². The van der Waals surface area contributed by atoms with Crippen LogP contribution in [0.5, 0.6) is 0 Å². The fraction of sp³-hybridized carbons (Fsp3) is 0.364. The Hall–Kier alpha value is 0.330. The van der Waals surface area contributed by atoms with Crippen molar-refractivity contribution in [3.05, 3.63) is 35.9 Å². The van der Waals surface area contributed by atoms with Gasteiger partial charge in [-0.1, -0.05) is 98.4 Å². The van der Waals surface area contributed by atoms with Crippen molar-refractivity contribution in [2.45, 2.75) is 22.4 Å². The average molecular weight is 401 g/mol. The Morgan fingerprint density at radius 2 is 1.53 bits per heavy atom. The lowest BCUT2D eigenvalue weighted by Gasteiger charge is -2.09. The summed E-state index contributed by atoms with van der Waals surface area (Å²) in [5, 5.41) is 0. The molecule has 1 aromatic carbocycles. The number of ketones is 1. The monoisotopic (exact) mass is 398 g/mol. The number of hydrogen-bond acceptors (Lipinski definition) is 1. The van der Waals surface area contributed by atoms with Crippen LogP contribution in [0.15, 0.2) is 30.3 Å². The summed E-state index contributed by atoms with van der Waals surface area (Å²) in [5.41, 5.74) is 0.656. The van der Waals surface area contributed by atoms with E-state index >= 15 is 0 Å². The lowest BCUT2D eigenvalue weighted by atomic mass is 10.2. The summed E-state index contributed by atoms with van der Waals surface area (Å²) in [5.74, 6) is -0.0527. The predicted octanol–water partition coefficient (Wildman–Crippen LogP) is 5.12. The molecule has 15 heavy (non-hydrogen) atoms. The molecule has 0 amide bonds. The van der Waals surface area contributed by atoms with Crippen molar-refractivity contribution in [1.29, 1.82) is 0 Å². The van der Waals surface area contributed by atoms with E-state index in [2.05, 4.69) is 61.6 Å². The Bertz CT molecular complexity index is 290. The zero-order valence-electron chi connectivity index (χ0n) is 8.64. The standard InChI is InChI=1S/C8H5Br3O.C3H8/c9-8(10,11)7(12)6-4-2-1-3-5-6;1-3-2/h1-5H;3H2,1-2H3. The second-order valence-electron chi connectivity index (χ2n) is 2.90. The highest BCUT2D eigenvalue weighted by Crippen LogP contribution is 2.36. The molecule has 0 saturated heterocycles. The summed E-state index contributed by atoms with van der Waals surface area (Å²) in [6, 6.07) is 9.05. The molecule has 0 bridgehead atoms. The van der Waals surface area contributed by atoms with E-state index in [-0.39, 0.29) is 5.78 Å². The Kier molecular flexibility index (Phi) is 7.75. The van der Waals surface area contributed by atoms with Crippen molar-refractivity contribution in [1.82, 2.24) is 0 Å². The zero-order chi connectivity index (χ0) is 11.9. The minimum absolute atomic E-state index is 0.0527. The van der Waals surface area contributed by atoms with Crippen molar-refractivity contribution in [3.8, 4) is 0 Å². The second kappa shape index (κ2) is 7.58. The maximum Gasteiger partial charge on any atom is 0.201 e. The van der Waals surface area contributed by atoms with E-state index in [0.29, 0.717) is 5.56 Å². The molecule has 0 N–H and O–H groups in total. The number of alkyl halides is 3. The van der Waals surface area contributed by atoms with Crippen LogP contribution >= 0.6 is 47.8 Å². The Balaban J connectivity index is 0.000000583. The molecule has 0 unspecified atom stereocenters. The van der Waals surface area contributed by atoms with E-state index in [9.17, 15) is 4.79 Å². The van der Waals surface area contributed by atoms with Gasteiger partial charge in [0.15, 0.2) is 2.14 Å². The fourth-order valence-corrected chi connectivity index (χ4v) is 1.44. The fourth-order valence-electron chi connectivity index (χ4n) is 0.753.